The summed E-state index contributed by atoms with van der Waals surface area (Å²) in [6.45, 7) is 5.36. The largest absolute Gasteiger partial charge is 0.309 e. The van der Waals surface area contributed by atoms with Gasteiger partial charge in [-0.2, -0.15) is 0 Å². The number of para-hydroxylation sites is 1. The number of rotatable bonds is 5. The van der Waals surface area contributed by atoms with Crippen molar-refractivity contribution in [3.05, 3.63) is 81.5 Å². The van der Waals surface area contributed by atoms with Gasteiger partial charge in [-0.05, 0) is 38.1 Å². The first kappa shape index (κ1) is 18.6. The number of H-pyrrole nitrogens is 1. The molecule has 0 saturated heterocycles. The quantitative estimate of drug-likeness (QED) is 0.541. The van der Waals surface area contributed by atoms with Crippen LogP contribution in [0.15, 0.2) is 59.5 Å². The van der Waals surface area contributed by atoms with E-state index in [1.54, 1.807) is 12.3 Å². The molecule has 0 saturated carbocycles. The lowest BCUT2D eigenvalue weighted by atomic mass is 10.1. The first-order valence-corrected chi connectivity index (χ1v) is 9.65. The summed E-state index contributed by atoms with van der Waals surface area (Å²) in [4.78, 5) is 26.7. The van der Waals surface area contributed by atoms with Crippen LogP contribution in [0.1, 0.15) is 25.2 Å². The van der Waals surface area contributed by atoms with E-state index >= 15 is 0 Å². The Kier molecular flexibility index (Phi) is 5.11. The number of aromatic amines is 1. The smallest absolute Gasteiger partial charge is 0.258 e. The molecule has 2 aromatic heterocycles. The van der Waals surface area contributed by atoms with Crippen LogP contribution in [-0.4, -0.2) is 25.9 Å². The fourth-order valence-electron chi connectivity index (χ4n) is 3.36. The lowest BCUT2D eigenvalue weighted by Crippen LogP contribution is -2.31. The molecule has 1 N–H and O–H groups in total. The summed E-state index contributed by atoms with van der Waals surface area (Å²) in [6, 6.07) is 15.5. The number of fused-ring (bicyclic) bond motifs is 2. The van der Waals surface area contributed by atoms with E-state index in [0.29, 0.717) is 34.8 Å². The Morgan fingerprint density at radius 3 is 2.71 bits per heavy atom. The van der Waals surface area contributed by atoms with Gasteiger partial charge in [-0.3, -0.25) is 14.7 Å². The van der Waals surface area contributed by atoms with Gasteiger partial charge in [-0.25, -0.2) is 4.98 Å². The summed E-state index contributed by atoms with van der Waals surface area (Å²) in [7, 11) is 0. The molecule has 0 radical (unpaired) electrons. The van der Waals surface area contributed by atoms with Crippen molar-refractivity contribution < 1.29 is 0 Å². The Balaban J connectivity index is 1.70. The highest BCUT2D eigenvalue weighted by molar-refractivity contribution is 6.32. The zero-order chi connectivity index (χ0) is 19.7. The third kappa shape index (κ3) is 3.63. The van der Waals surface area contributed by atoms with E-state index in [9.17, 15) is 4.79 Å². The normalized spacial score (nSPS) is 11.8. The van der Waals surface area contributed by atoms with E-state index in [4.69, 9.17) is 11.6 Å². The van der Waals surface area contributed by atoms with Gasteiger partial charge < -0.3 is 4.98 Å². The van der Waals surface area contributed by atoms with Gasteiger partial charge >= 0.3 is 0 Å². The Hall–Kier alpha value is -2.76. The molecule has 0 unspecified atom stereocenters. The van der Waals surface area contributed by atoms with Gasteiger partial charge in [0.2, 0.25) is 0 Å². The molecule has 4 aromatic rings. The third-order valence-corrected chi connectivity index (χ3v) is 5.28. The second-order valence-electron chi connectivity index (χ2n) is 7.13. The fourth-order valence-corrected chi connectivity index (χ4v) is 3.57. The molecule has 0 aliphatic rings. The van der Waals surface area contributed by atoms with Crippen molar-refractivity contribution in [1.82, 2.24) is 19.9 Å². The highest BCUT2D eigenvalue weighted by Gasteiger charge is 2.17. The minimum Gasteiger partial charge on any atom is -0.309 e. The van der Waals surface area contributed by atoms with Crippen LogP contribution in [0, 0.1) is 0 Å². The number of hydrogen-bond donors (Lipinski definition) is 1. The van der Waals surface area contributed by atoms with Crippen molar-refractivity contribution in [3.63, 3.8) is 0 Å². The molecule has 5 nitrogen and oxygen atoms in total. The Labute approximate surface area is 168 Å². The van der Waals surface area contributed by atoms with Crippen LogP contribution in [0.4, 0.5) is 0 Å². The molecular formula is C22H21ClN4O. The number of aromatic nitrogens is 3. The second-order valence-corrected chi connectivity index (χ2v) is 7.54. The van der Waals surface area contributed by atoms with Crippen LogP contribution in [0.25, 0.3) is 21.8 Å². The standard InChI is InChI=1S/C22H21ClN4O/c1-14(2)27(12-17-18(23)10-9-15-6-5-11-24-21(15)17)13-20-25-19-8-4-3-7-16(19)22(28)26-20/h3-11,14H,12-13H2,1-2H3,(H,25,26,28). The zero-order valence-corrected chi connectivity index (χ0v) is 16.6. The van der Waals surface area contributed by atoms with Gasteiger partial charge in [-0.1, -0.05) is 35.9 Å². The van der Waals surface area contributed by atoms with Crippen molar-refractivity contribution in [1.29, 1.82) is 0 Å². The van der Waals surface area contributed by atoms with Gasteiger partial charge in [0.15, 0.2) is 0 Å². The SMILES string of the molecule is CC(C)N(Cc1nc2ccccc2c(=O)[nH]1)Cc1c(Cl)ccc2cccnc12. The summed E-state index contributed by atoms with van der Waals surface area (Å²) in [5.74, 6) is 0.640. The van der Waals surface area contributed by atoms with Gasteiger partial charge in [0.1, 0.15) is 5.82 Å². The van der Waals surface area contributed by atoms with Crippen molar-refractivity contribution in [2.45, 2.75) is 33.0 Å². The average molecular weight is 393 g/mol. The van der Waals surface area contributed by atoms with Gasteiger partial charge in [0.25, 0.3) is 5.56 Å². The predicted octanol–water partition coefficient (Wildman–Crippen LogP) is 4.54. The van der Waals surface area contributed by atoms with E-state index in [1.807, 2.05) is 42.5 Å². The van der Waals surface area contributed by atoms with Crippen molar-refractivity contribution >= 4 is 33.4 Å². The van der Waals surface area contributed by atoms with Crippen molar-refractivity contribution in [2.24, 2.45) is 0 Å². The van der Waals surface area contributed by atoms with Gasteiger partial charge in [-0.15, -0.1) is 0 Å². The van der Waals surface area contributed by atoms with Crippen LogP contribution < -0.4 is 5.56 Å². The number of benzene rings is 2. The maximum atomic E-state index is 12.4. The van der Waals surface area contributed by atoms with Crippen LogP contribution in [-0.2, 0) is 13.1 Å². The first-order chi connectivity index (χ1) is 13.5. The molecule has 2 heterocycles. The molecule has 0 spiro atoms. The molecule has 4 rings (SSSR count). The van der Waals surface area contributed by atoms with E-state index in [1.165, 1.54) is 0 Å². The summed E-state index contributed by atoms with van der Waals surface area (Å²) in [6.07, 6.45) is 1.78. The van der Waals surface area contributed by atoms with Gasteiger partial charge in [0, 0.05) is 34.8 Å². The predicted molar refractivity (Wildman–Crippen MR) is 113 cm³/mol. The summed E-state index contributed by atoms with van der Waals surface area (Å²) in [5.41, 5.74) is 2.47. The van der Waals surface area contributed by atoms with Crippen molar-refractivity contribution in [2.75, 3.05) is 0 Å². The molecule has 0 fully saturated rings. The molecular weight excluding hydrogens is 372 g/mol. The number of nitrogens with zero attached hydrogens (tertiary/aromatic N) is 3. The monoisotopic (exact) mass is 392 g/mol. The number of halogens is 1. The summed E-state index contributed by atoms with van der Waals surface area (Å²) >= 11 is 6.52. The molecule has 0 atom stereocenters. The summed E-state index contributed by atoms with van der Waals surface area (Å²) in [5, 5.41) is 2.35. The molecule has 28 heavy (non-hydrogen) atoms. The van der Waals surface area contributed by atoms with E-state index in [-0.39, 0.29) is 11.6 Å². The van der Waals surface area contributed by atoms with Gasteiger partial charge in [0.05, 0.1) is 23.0 Å². The molecule has 0 aliphatic heterocycles. The Bertz CT molecular complexity index is 1200. The Morgan fingerprint density at radius 2 is 1.89 bits per heavy atom. The number of pyridine rings is 1. The first-order valence-electron chi connectivity index (χ1n) is 9.27. The molecule has 0 bridgehead atoms. The molecule has 0 amide bonds. The van der Waals surface area contributed by atoms with Crippen LogP contribution in [0.3, 0.4) is 0 Å². The lowest BCUT2D eigenvalue weighted by Gasteiger charge is -2.27. The maximum absolute atomic E-state index is 12.4. The second kappa shape index (κ2) is 7.70. The highest BCUT2D eigenvalue weighted by atomic mass is 35.5. The molecule has 0 aliphatic carbocycles. The molecule has 2 aromatic carbocycles. The molecule has 6 heteroatoms. The zero-order valence-electron chi connectivity index (χ0n) is 15.8. The minimum atomic E-state index is -0.117. The fraction of sp³-hybridized carbons (Fsp3) is 0.227. The number of nitrogens with one attached hydrogen (secondary N) is 1. The highest BCUT2D eigenvalue weighted by Crippen LogP contribution is 2.27. The minimum absolute atomic E-state index is 0.117. The Morgan fingerprint density at radius 1 is 1.07 bits per heavy atom. The molecule has 142 valence electrons. The number of hydrogen-bond acceptors (Lipinski definition) is 4. The van der Waals surface area contributed by atoms with Crippen LogP contribution in [0.2, 0.25) is 5.02 Å². The van der Waals surface area contributed by atoms with Crippen molar-refractivity contribution in [3.8, 4) is 0 Å². The van der Waals surface area contributed by atoms with Crippen LogP contribution >= 0.6 is 11.6 Å². The topological polar surface area (TPSA) is 61.9 Å². The average Bonchev–Trinajstić information content (AvgIpc) is 2.69. The van der Waals surface area contributed by atoms with E-state index in [2.05, 4.69) is 33.7 Å². The van der Waals surface area contributed by atoms with E-state index in [0.717, 1.165) is 16.5 Å². The summed E-state index contributed by atoms with van der Waals surface area (Å²) < 4.78 is 0. The van der Waals surface area contributed by atoms with E-state index < -0.39 is 0 Å². The van der Waals surface area contributed by atoms with Crippen LogP contribution in [0.5, 0.6) is 0 Å². The third-order valence-electron chi connectivity index (χ3n) is 4.93. The lowest BCUT2D eigenvalue weighted by molar-refractivity contribution is 0.199. The maximum Gasteiger partial charge on any atom is 0.258 e.